The topological polar surface area (TPSA) is 47.6 Å². The lowest BCUT2D eigenvalue weighted by atomic mass is 10.1. The third kappa shape index (κ3) is 1.83. The van der Waals surface area contributed by atoms with Gasteiger partial charge in [0, 0.05) is 0 Å². The van der Waals surface area contributed by atoms with Gasteiger partial charge in [0.15, 0.2) is 6.40 Å². The van der Waals surface area contributed by atoms with Crippen LogP contribution in [0.4, 0.5) is 0 Å². The second kappa shape index (κ2) is 3.81. The fourth-order valence-electron chi connectivity index (χ4n) is 0.983. The van der Waals surface area contributed by atoms with Crippen LogP contribution in [0.5, 0.6) is 0 Å². The molecule has 0 amide bonds. The number of aliphatic imine (C=N–C) groups is 1. The zero-order valence-corrected chi connectivity index (χ0v) is 6.53. The van der Waals surface area contributed by atoms with E-state index in [4.69, 9.17) is 10.5 Å². The van der Waals surface area contributed by atoms with Crippen molar-refractivity contribution in [2.75, 3.05) is 6.54 Å². The zero-order valence-electron chi connectivity index (χ0n) is 6.53. The second-order valence-electron chi connectivity index (χ2n) is 2.24. The summed E-state index contributed by atoms with van der Waals surface area (Å²) < 4.78 is 5.19. The summed E-state index contributed by atoms with van der Waals surface area (Å²) in [7, 11) is 0. The number of allylic oxidation sites excluding steroid dienone is 1. The third-order valence-electron chi connectivity index (χ3n) is 1.56. The van der Waals surface area contributed by atoms with E-state index in [2.05, 4.69) is 4.99 Å². The van der Waals surface area contributed by atoms with E-state index in [9.17, 15) is 0 Å². The molecule has 60 valence electrons. The van der Waals surface area contributed by atoms with Gasteiger partial charge in [-0.1, -0.05) is 6.08 Å². The molecule has 0 aromatic heterocycles. The van der Waals surface area contributed by atoms with Gasteiger partial charge in [-0.2, -0.15) is 0 Å². The molecule has 1 unspecified atom stereocenters. The number of nitrogens with two attached hydrogens (primary N) is 1. The fraction of sp³-hybridized carbons (Fsp3) is 0.375. The first-order valence-electron chi connectivity index (χ1n) is 3.56. The molecule has 0 saturated heterocycles. The first-order valence-corrected chi connectivity index (χ1v) is 3.56. The Morgan fingerprint density at radius 3 is 3.09 bits per heavy atom. The Hall–Kier alpha value is -1.25. The summed E-state index contributed by atoms with van der Waals surface area (Å²) in [6, 6.07) is 0. The van der Waals surface area contributed by atoms with Gasteiger partial charge in [-0.05, 0) is 24.8 Å². The Balaban J connectivity index is 2.56. The molecule has 1 heterocycles. The van der Waals surface area contributed by atoms with Crippen molar-refractivity contribution in [2.24, 2.45) is 10.7 Å². The molecular formula is C8H12N2O. The van der Waals surface area contributed by atoms with E-state index in [1.807, 2.05) is 19.1 Å². The maximum atomic E-state index is 5.25. The molecule has 0 bridgehead atoms. The van der Waals surface area contributed by atoms with E-state index >= 15 is 0 Å². The maximum absolute atomic E-state index is 5.25. The van der Waals surface area contributed by atoms with Crippen molar-refractivity contribution in [3.05, 3.63) is 23.9 Å². The van der Waals surface area contributed by atoms with Gasteiger partial charge in [-0.15, -0.1) is 0 Å². The summed E-state index contributed by atoms with van der Waals surface area (Å²) in [5.41, 5.74) is 6.33. The van der Waals surface area contributed by atoms with Gasteiger partial charge >= 0.3 is 0 Å². The van der Waals surface area contributed by atoms with Crippen LogP contribution in [0.25, 0.3) is 0 Å². The molecule has 1 aliphatic rings. The summed E-state index contributed by atoms with van der Waals surface area (Å²) in [4.78, 5) is 3.95. The molecule has 0 spiro atoms. The van der Waals surface area contributed by atoms with Crippen LogP contribution in [-0.2, 0) is 4.74 Å². The van der Waals surface area contributed by atoms with Crippen molar-refractivity contribution in [3.63, 3.8) is 0 Å². The van der Waals surface area contributed by atoms with E-state index in [-0.39, 0.29) is 6.10 Å². The van der Waals surface area contributed by atoms with Gasteiger partial charge in [0.05, 0.1) is 6.54 Å². The average Bonchev–Trinajstić information content (AvgIpc) is 2.52. The minimum Gasteiger partial charge on any atom is -0.474 e. The number of hydrogen-bond donors (Lipinski definition) is 1. The van der Waals surface area contributed by atoms with Gasteiger partial charge in [-0.25, -0.2) is 0 Å². The predicted molar refractivity (Wildman–Crippen MR) is 45.3 cm³/mol. The standard InChI is InChI=1S/C8H12N2O/c1-2-7(3-4-9)8-5-10-6-11-8/h2-4,6,8H,5,9H2,1H3/b4-3-,7-2+. The maximum Gasteiger partial charge on any atom is 0.170 e. The summed E-state index contributed by atoms with van der Waals surface area (Å²) in [6.07, 6.45) is 6.87. The quantitative estimate of drug-likeness (QED) is 0.596. The molecule has 1 aliphatic heterocycles. The predicted octanol–water partition coefficient (Wildman–Crippen LogP) is 0.832. The van der Waals surface area contributed by atoms with Crippen LogP contribution < -0.4 is 5.73 Å². The molecule has 0 saturated carbocycles. The van der Waals surface area contributed by atoms with Crippen LogP contribution in [0.15, 0.2) is 28.9 Å². The van der Waals surface area contributed by atoms with E-state index < -0.39 is 0 Å². The number of rotatable bonds is 2. The first kappa shape index (κ1) is 7.85. The van der Waals surface area contributed by atoms with Gasteiger partial charge in [-0.3, -0.25) is 4.99 Å². The molecule has 0 aromatic rings. The Kier molecular flexibility index (Phi) is 2.72. The molecule has 0 aromatic carbocycles. The molecule has 1 atom stereocenters. The monoisotopic (exact) mass is 152 g/mol. The van der Waals surface area contributed by atoms with Gasteiger partial charge < -0.3 is 10.5 Å². The number of nitrogens with zero attached hydrogens (tertiary/aromatic N) is 1. The van der Waals surface area contributed by atoms with E-state index in [0.29, 0.717) is 6.54 Å². The van der Waals surface area contributed by atoms with Crippen molar-refractivity contribution in [1.82, 2.24) is 0 Å². The molecular weight excluding hydrogens is 140 g/mol. The van der Waals surface area contributed by atoms with Crippen molar-refractivity contribution in [2.45, 2.75) is 13.0 Å². The Bertz CT molecular complexity index is 198. The highest BCUT2D eigenvalue weighted by Crippen LogP contribution is 2.11. The summed E-state index contributed by atoms with van der Waals surface area (Å²) in [6.45, 7) is 2.65. The lowest BCUT2D eigenvalue weighted by molar-refractivity contribution is 0.276. The van der Waals surface area contributed by atoms with Crippen LogP contribution in [0.1, 0.15) is 6.92 Å². The summed E-state index contributed by atoms with van der Waals surface area (Å²) in [5.74, 6) is 0. The van der Waals surface area contributed by atoms with Crippen LogP contribution >= 0.6 is 0 Å². The Morgan fingerprint density at radius 1 is 1.82 bits per heavy atom. The largest absolute Gasteiger partial charge is 0.474 e. The molecule has 0 fully saturated rings. The molecule has 2 N–H and O–H groups in total. The normalized spacial score (nSPS) is 24.5. The van der Waals surface area contributed by atoms with Gasteiger partial charge in [0.1, 0.15) is 6.10 Å². The van der Waals surface area contributed by atoms with Crippen molar-refractivity contribution < 1.29 is 4.74 Å². The van der Waals surface area contributed by atoms with Crippen LogP contribution in [0.3, 0.4) is 0 Å². The fourth-order valence-corrected chi connectivity index (χ4v) is 0.983. The Morgan fingerprint density at radius 2 is 2.64 bits per heavy atom. The van der Waals surface area contributed by atoms with Gasteiger partial charge in [0.25, 0.3) is 0 Å². The number of hydrogen-bond acceptors (Lipinski definition) is 3. The van der Waals surface area contributed by atoms with E-state index in [0.717, 1.165) is 5.57 Å². The summed E-state index contributed by atoms with van der Waals surface area (Å²) in [5, 5.41) is 0. The Labute approximate surface area is 66.3 Å². The van der Waals surface area contributed by atoms with Crippen molar-refractivity contribution >= 4 is 6.40 Å². The minimum absolute atomic E-state index is 0.0693. The lowest BCUT2D eigenvalue weighted by Gasteiger charge is -2.08. The molecule has 1 rings (SSSR count). The van der Waals surface area contributed by atoms with Crippen molar-refractivity contribution in [1.29, 1.82) is 0 Å². The molecule has 0 radical (unpaired) electrons. The lowest BCUT2D eigenvalue weighted by Crippen LogP contribution is -2.12. The molecule has 0 aliphatic carbocycles. The molecule has 3 heteroatoms. The second-order valence-corrected chi connectivity index (χ2v) is 2.24. The van der Waals surface area contributed by atoms with Crippen LogP contribution in [-0.4, -0.2) is 19.0 Å². The molecule has 11 heavy (non-hydrogen) atoms. The minimum atomic E-state index is 0.0693. The van der Waals surface area contributed by atoms with E-state index in [1.165, 1.54) is 12.6 Å². The average molecular weight is 152 g/mol. The van der Waals surface area contributed by atoms with Crippen LogP contribution in [0, 0.1) is 0 Å². The van der Waals surface area contributed by atoms with Gasteiger partial charge in [0.2, 0.25) is 0 Å². The molecule has 3 nitrogen and oxygen atoms in total. The smallest absolute Gasteiger partial charge is 0.170 e. The summed E-state index contributed by atoms with van der Waals surface area (Å²) >= 11 is 0. The van der Waals surface area contributed by atoms with E-state index in [1.54, 1.807) is 0 Å². The SMILES string of the molecule is C/C=C(\C=C/N)C1CN=CO1. The highest BCUT2D eigenvalue weighted by atomic mass is 16.5. The first-order chi connectivity index (χ1) is 5.38. The highest BCUT2D eigenvalue weighted by Gasteiger charge is 2.14. The zero-order chi connectivity index (χ0) is 8.10. The van der Waals surface area contributed by atoms with Crippen molar-refractivity contribution in [3.8, 4) is 0 Å². The van der Waals surface area contributed by atoms with Crippen LogP contribution in [0.2, 0.25) is 0 Å². The number of ether oxygens (including phenoxy) is 1. The third-order valence-corrected chi connectivity index (χ3v) is 1.56. The highest BCUT2D eigenvalue weighted by molar-refractivity contribution is 5.51.